The van der Waals surface area contributed by atoms with Gasteiger partial charge >= 0.3 is 7.75 Å². The minimum Gasteiger partial charge on any atom is -0.397 e. The SMILES string of the molecule is NC(=S)N(c1ccccc1N)P(=O)(O)O. The van der Waals surface area contributed by atoms with Gasteiger partial charge in [-0.15, -0.1) is 0 Å². The van der Waals surface area contributed by atoms with Crippen molar-refractivity contribution in [2.45, 2.75) is 0 Å². The molecule has 0 unspecified atom stereocenters. The van der Waals surface area contributed by atoms with E-state index in [0.717, 1.165) is 0 Å². The average Bonchev–Trinajstić information content (AvgIpc) is 2.05. The zero-order valence-electron chi connectivity index (χ0n) is 7.57. The van der Waals surface area contributed by atoms with Crippen LogP contribution in [0, 0.1) is 0 Å². The first kappa shape index (κ1) is 11.9. The Balaban J connectivity index is 3.29. The number of benzene rings is 1. The van der Waals surface area contributed by atoms with Crippen molar-refractivity contribution in [3.05, 3.63) is 24.3 Å². The second-order valence-corrected chi connectivity index (χ2v) is 4.57. The van der Waals surface area contributed by atoms with E-state index in [1.54, 1.807) is 12.1 Å². The van der Waals surface area contributed by atoms with E-state index in [4.69, 9.17) is 21.3 Å². The van der Waals surface area contributed by atoms with E-state index in [1.807, 2.05) is 0 Å². The molecule has 15 heavy (non-hydrogen) atoms. The van der Waals surface area contributed by atoms with Gasteiger partial charge in [0.25, 0.3) is 0 Å². The molecular weight excluding hydrogens is 237 g/mol. The molecule has 0 bridgehead atoms. The lowest BCUT2D eigenvalue weighted by Crippen LogP contribution is -2.33. The van der Waals surface area contributed by atoms with Gasteiger partial charge in [-0.05, 0) is 24.4 Å². The van der Waals surface area contributed by atoms with Crippen molar-refractivity contribution < 1.29 is 14.4 Å². The predicted octanol–water partition coefficient (Wildman–Crippen LogP) is 0.412. The molecule has 6 N–H and O–H groups in total. The fourth-order valence-electron chi connectivity index (χ4n) is 1.07. The van der Waals surface area contributed by atoms with Crippen LogP contribution in [0.3, 0.4) is 0 Å². The van der Waals surface area contributed by atoms with Gasteiger partial charge < -0.3 is 21.3 Å². The Labute approximate surface area is 91.7 Å². The first-order valence-electron chi connectivity index (χ1n) is 3.84. The van der Waals surface area contributed by atoms with Gasteiger partial charge in [-0.2, -0.15) is 0 Å². The highest BCUT2D eigenvalue weighted by Gasteiger charge is 2.29. The van der Waals surface area contributed by atoms with Crippen LogP contribution in [-0.4, -0.2) is 14.9 Å². The van der Waals surface area contributed by atoms with Crippen LogP contribution >= 0.6 is 20.0 Å². The van der Waals surface area contributed by atoms with Gasteiger partial charge in [-0.1, -0.05) is 12.1 Å². The van der Waals surface area contributed by atoms with Crippen molar-refractivity contribution >= 4 is 36.5 Å². The summed E-state index contributed by atoms with van der Waals surface area (Å²) in [7, 11) is -4.59. The van der Waals surface area contributed by atoms with Crippen LogP contribution in [0.5, 0.6) is 0 Å². The number of hydrogen-bond acceptors (Lipinski definition) is 3. The van der Waals surface area contributed by atoms with Gasteiger partial charge in [0.15, 0.2) is 5.11 Å². The molecule has 0 aromatic heterocycles. The molecule has 0 fully saturated rings. The van der Waals surface area contributed by atoms with Gasteiger partial charge in [-0.3, -0.25) is 0 Å². The smallest absolute Gasteiger partial charge is 0.397 e. The molecule has 1 rings (SSSR count). The molecular formula is C7H10N3O3PS. The second-order valence-electron chi connectivity index (χ2n) is 2.72. The molecule has 0 aliphatic heterocycles. The van der Waals surface area contributed by atoms with Gasteiger partial charge in [0.05, 0.1) is 11.4 Å². The maximum absolute atomic E-state index is 11.1. The number of rotatable bonds is 2. The third-order valence-corrected chi connectivity index (χ3v) is 2.90. The van der Waals surface area contributed by atoms with Crippen molar-refractivity contribution in [3.63, 3.8) is 0 Å². The number of para-hydroxylation sites is 2. The molecule has 0 aliphatic carbocycles. The molecule has 1 aromatic rings. The summed E-state index contributed by atoms with van der Waals surface area (Å²) < 4.78 is 11.6. The Bertz CT molecular complexity index is 433. The van der Waals surface area contributed by atoms with E-state index in [1.165, 1.54) is 12.1 Å². The molecule has 0 radical (unpaired) electrons. The number of thiocarbonyl (C=S) groups is 1. The van der Waals surface area contributed by atoms with Crippen LogP contribution in [0.1, 0.15) is 0 Å². The second kappa shape index (κ2) is 4.16. The largest absolute Gasteiger partial charge is 0.436 e. The van der Waals surface area contributed by atoms with Gasteiger partial charge in [0.2, 0.25) is 0 Å². The summed E-state index contributed by atoms with van der Waals surface area (Å²) in [5.74, 6) is 0. The number of nitrogens with zero attached hydrogens (tertiary/aromatic N) is 1. The third-order valence-electron chi connectivity index (χ3n) is 1.63. The van der Waals surface area contributed by atoms with Crippen molar-refractivity contribution in [1.29, 1.82) is 0 Å². The van der Waals surface area contributed by atoms with E-state index in [9.17, 15) is 4.57 Å². The first-order chi connectivity index (χ1) is 6.84. The summed E-state index contributed by atoms with van der Waals surface area (Å²) in [5, 5.41) is -0.429. The molecule has 0 saturated carbocycles. The fourth-order valence-corrected chi connectivity index (χ4v) is 2.20. The standard InChI is InChI=1S/C7H10N3O3PS/c8-5-3-1-2-4-6(5)10(7(9)15)14(11,12)13/h1-4H,8H2,(H2,9,15)(H2,11,12,13). The zero-order chi connectivity index (χ0) is 11.6. The molecule has 8 heteroatoms. The summed E-state index contributed by atoms with van der Waals surface area (Å²) in [6.07, 6.45) is 0. The monoisotopic (exact) mass is 247 g/mol. The Morgan fingerprint density at radius 3 is 2.33 bits per heavy atom. The minimum absolute atomic E-state index is 0.0957. The average molecular weight is 247 g/mol. The molecule has 0 saturated heterocycles. The lowest BCUT2D eigenvalue weighted by molar-refractivity contribution is 0.374. The van der Waals surface area contributed by atoms with E-state index >= 15 is 0 Å². The predicted molar refractivity (Wildman–Crippen MR) is 62.2 cm³/mol. The Hall–Kier alpha value is -1.14. The van der Waals surface area contributed by atoms with Crippen LogP contribution in [0.2, 0.25) is 0 Å². The normalized spacial score (nSPS) is 11.1. The molecule has 0 heterocycles. The van der Waals surface area contributed by atoms with Crippen LogP contribution in [0.15, 0.2) is 24.3 Å². The highest BCUT2D eigenvalue weighted by molar-refractivity contribution is 7.81. The fraction of sp³-hybridized carbons (Fsp3) is 0. The molecule has 0 atom stereocenters. The lowest BCUT2D eigenvalue weighted by Gasteiger charge is -2.24. The summed E-state index contributed by atoms with van der Waals surface area (Å²) >= 11 is 4.56. The molecule has 0 spiro atoms. The zero-order valence-corrected chi connectivity index (χ0v) is 9.28. The minimum atomic E-state index is -4.59. The third kappa shape index (κ3) is 2.66. The van der Waals surface area contributed by atoms with E-state index < -0.39 is 12.9 Å². The van der Waals surface area contributed by atoms with Crippen LogP contribution in [0.4, 0.5) is 11.4 Å². The molecule has 0 amide bonds. The highest BCUT2D eigenvalue weighted by Crippen LogP contribution is 2.45. The van der Waals surface area contributed by atoms with Crippen LogP contribution in [0.25, 0.3) is 0 Å². The van der Waals surface area contributed by atoms with Crippen LogP contribution < -0.4 is 16.1 Å². The van der Waals surface area contributed by atoms with Crippen LogP contribution in [-0.2, 0) is 4.57 Å². The molecule has 1 aromatic carbocycles. The molecule has 6 nitrogen and oxygen atoms in total. The number of hydrogen-bond donors (Lipinski definition) is 4. The summed E-state index contributed by atoms with van der Waals surface area (Å²) in [6.45, 7) is 0. The summed E-state index contributed by atoms with van der Waals surface area (Å²) in [6, 6.07) is 6.13. The number of nitrogens with two attached hydrogens (primary N) is 2. The van der Waals surface area contributed by atoms with E-state index in [-0.39, 0.29) is 11.4 Å². The summed E-state index contributed by atoms with van der Waals surface area (Å²) in [5.41, 5.74) is 11.1. The maximum Gasteiger partial charge on any atom is 0.436 e. The van der Waals surface area contributed by atoms with E-state index in [2.05, 4.69) is 12.2 Å². The maximum atomic E-state index is 11.1. The molecule has 0 aliphatic rings. The topological polar surface area (TPSA) is 113 Å². The van der Waals surface area contributed by atoms with E-state index in [0.29, 0.717) is 4.67 Å². The van der Waals surface area contributed by atoms with Crippen molar-refractivity contribution in [2.75, 3.05) is 10.4 Å². The Kier molecular flexibility index (Phi) is 3.31. The molecule has 82 valence electrons. The number of nitrogen functional groups attached to an aromatic ring is 1. The van der Waals surface area contributed by atoms with Gasteiger partial charge in [0, 0.05) is 0 Å². The highest BCUT2D eigenvalue weighted by atomic mass is 32.1. The first-order valence-corrected chi connectivity index (χ1v) is 5.81. The van der Waals surface area contributed by atoms with Gasteiger partial charge in [-0.25, -0.2) is 9.24 Å². The Morgan fingerprint density at radius 1 is 1.40 bits per heavy atom. The van der Waals surface area contributed by atoms with Crippen molar-refractivity contribution in [3.8, 4) is 0 Å². The van der Waals surface area contributed by atoms with Crippen molar-refractivity contribution in [1.82, 2.24) is 0 Å². The lowest BCUT2D eigenvalue weighted by atomic mass is 10.3. The van der Waals surface area contributed by atoms with Gasteiger partial charge in [0.1, 0.15) is 0 Å². The van der Waals surface area contributed by atoms with Crippen molar-refractivity contribution in [2.24, 2.45) is 5.73 Å². The number of anilines is 2. The quantitative estimate of drug-likeness (QED) is 0.340. The Morgan fingerprint density at radius 2 is 1.93 bits per heavy atom. The summed E-state index contributed by atoms with van der Waals surface area (Å²) in [4.78, 5) is 18.1.